The number of aryl methyl sites for hydroxylation is 1. The molecule has 90 valence electrons. The molecule has 0 aliphatic rings. The maximum atomic E-state index is 12.8. The number of hydrogen-bond acceptors (Lipinski definition) is 1. The molecule has 1 aromatic carbocycles. The van der Waals surface area contributed by atoms with Gasteiger partial charge in [0.2, 0.25) is 0 Å². The summed E-state index contributed by atoms with van der Waals surface area (Å²) in [4.78, 5) is 3.78. The zero-order valence-corrected chi connectivity index (χ0v) is 9.55. The SMILES string of the molecule is Cn1cnc(-c2ccc(Cl)cc2)c1C(F)(F)F. The van der Waals surface area contributed by atoms with Crippen LogP contribution in [0.4, 0.5) is 13.2 Å². The van der Waals surface area contributed by atoms with E-state index in [1.807, 2.05) is 0 Å². The Balaban J connectivity index is 2.57. The summed E-state index contributed by atoms with van der Waals surface area (Å²) in [6.45, 7) is 0. The lowest BCUT2D eigenvalue weighted by Crippen LogP contribution is -2.12. The molecule has 0 amide bonds. The lowest BCUT2D eigenvalue weighted by molar-refractivity contribution is -0.142. The minimum Gasteiger partial charge on any atom is -0.330 e. The van der Waals surface area contributed by atoms with Gasteiger partial charge in [-0.25, -0.2) is 4.98 Å². The molecule has 0 aliphatic carbocycles. The Kier molecular flexibility index (Phi) is 2.87. The van der Waals surface area contributed by atoms with Crippen LogP contribution in [0.5, 0.6) is 0 Å². The van der Waals surface area contributed by atoms with Crippen LogP contribution in [0.25, 0.3) is 11.3 Å². The molecule has 17 heavy (non-hydrogen) atoms. The van der Waals surface area contributed by atoms with E-state index in [1.165, 1.54) is 31.3 Å². The largest absolute Gasteiger partial charge is 0.433 e. The number of alkyl halides is 3. The molecule has 1 aromatic heterocycles. The van der Waals surface area contributed by atoms with Crippen LogP contribution in [0.15, 0.2) is 30.6 Å². The van der Waals surface area contributed by atoms with Crippen LogP contribution in [-0.4, -0.2) is 9.55 Å². The summed E-state index contributed by atoms with van der Waals surface area (Å²) in [5, 5.41) is 0.471. The van der Waals surface area contributed by atoms with E-state index in [-0.39, 0.29) is 5.69 Å². The third-order valence-corrected chi connectivity index (χ3v) is 2.58. The first-order valence-electron chi connectivity index (χ1n) is 4.74. The summed E-state index contributed by atoms with van der Waals surface area (Å²) in [5.41, 5.74) is -0.459. The summed E-state index contributed by atoms with van der Waals surface area (Å²) in [6.07, 6.45) is -3.28. The Morgan fingerprint density at radius 1 is 1.18 bits per heavy atom. The van der Waals surface area contributed by atoms with E-state index in [2.05, 4.69) is 4.98 Å². The molecule has 0 atom stereocenters. The quantitative estimate of drug-likeness (QED) is 0.763. The van der Waals surface area contributed by atoms with E-state index < -0.39 is 11.9 Å². The van der Waals surface area contributed by atoms with Crippen molar-refractivity contribution in [2.75, 3.05) is 0 Å². The fraction of sp³-hybridized carbons (Fsp3) is 0.182. The molecule has 0 N–H and O–H groups in total. The molecule has 0 aliphatic heterocycles. The average molecular weight is 261 g/mol. The summed E-state index contributed by atoms with van der Waals surface area (Å²) in [5.74, 6) is 0. The van der Waals surface area contributed by atoms with Crippen molar-refractivity contribution in [3.63, 3.8) is 0 Å². The van der Waals surface area contributed by atoms with Crippen molar-refractivity contribution in [2.24, 2.45) is 7.05 Å². The van der Waals surface area contributed by atoms with E-state index >= 15 is 0 Å². The smallest absolute Gasteiger partial charge is 0.330 e. The molecule has 2 nitrogen and oxygen atoms in total. The topological polar surface area (TPSA) is 17.8 Å². The molecular formula is C11H8ClF3N2. The van der Waals surface area contributed by atoms with Crippen molar-refractivity contribution < 1.29 is 13.2 Å². The third-order valence-electron chi connectivity index (χ3n) is 2.32. The van der Waals surface area contributed by atoms with E-state index in [1.54, 1.807) is 0 Å². The molecule has 0 bridgehead atoms. The Morgan fingerprint density at radius 2 is 1.76 bits per heavy atom. The highest BCUT2D eigenvalue weighted by molar-refractivity contribution is 6.30. The van der Waals surface area contributed by atoms with E-state index in [0.717, 1.165) is 10.9 Å². The predicted octanol–water partition coefficient (Wildman–Crippen LogP) is 3.76. The molecule has 0 unspecified atom stereocenters. The normalized spacial score (nSPS) is 11.8. The Morgan fingerprint density at radius 3 is 2.29 bits per heavy atom. The Labute approximate surface area is 101 Å². The molecule has 2 rings (SSSR count). The van der Waals surface area contributed by atoms with Crippen LogP contribution < -0.4 is 0 Å². The van der Waals surface area contributed by atoms with Gasteiger partial charge in [0.05, 0.1) is 6.33 Å². The highest BCUT2D eigenvalue weighted by atomic mass is 35.5. The van der Waals surface area contributed by atoms with Gasteiger partial charge >= 0.3 is 6.18 Å². The molecule has 0 radical (unpaired) electrons. The van der Waals surface area contributed by atoms with Gasteiger partial charge in [-0.15, -0.1) is 0 Å². The van der Waals surface area contributed by atoms with Crippen LogP contribution in [-0.2, 0) is 13.2 Å². The maximum absolute atomic E-state index is 12.8. The number of nitrogens with zero attached hydrogens (tertiary/aromatic N) is 2. The summed E-state index contributed by atoms with van der Waals surface area (Å²) in [7, 11) is 1.31. The Hall–Kier alpha value is -1.49. The van der Waals surface area contributed by atoms with E-state index in [4.69, 9.17) is 11.6 Å². The van der Waals surface area contributed by atoms with Gasteiger partial charge in [-0.1, -0.05) is 23.7 Å². The number of aromatic nitrogens is 2. The van der Waals surface area contributed by atoms with E-state index in [9.17, 15) is 13.2 Å². The molecular weight excluding hydrogens is 253 g/mol. The number of benzene rings is 1. The minimum atomic E-state index is -4.43. The lowest BCUT2D eigenvalue weighted by Gasteiger charge is -2.09. The fourth-order valence-corrected chi connectivity index (χ4v) is 1.71. The van der Waals surface area contributed by atoms with Crippen LogP contribution in [0.3, 0.4) is 0 Å². The summed E-state index contributed by atoms with van der Waals surface area (Å²) in [6, 6.07) is 6.09. The first-order chi connectivity index (χ1) is 7.89. The van der Waals surface area contributed by atoms with Gasteiger partial charge in [-0.2, -0.15) is 13.2 Å². The lowest BCUT2D eigenvalue weighted by atomic mass is 10.1. The molecule has 0 saturated carbocycles. The molecule has 0 spiro atoms. The first-order valence-corrected chi connectivity index (χ1v) is 5.12. The predicted molar refractivity (Wildman–Crippen MR) is 58.7 cm³/mol. The summed E-state index contributed by atoms with van der Waals surface area (Å²) >= 11 is 5.69. The van der Waals surface area contributed by atoms with Gasteiger partial charge in [0.15, 0.2) is 5.69 Å². The second-order valence-corrected chi connectivity index (χ2v) is 3.99. The van der Waals surface area contributed by atoms with Crippen LogP contribution in [0, 0.1) is 0 Å². The van der Waals surface area contributed by atoms with Crippen LogP contribution >= 0.6 is 11.6 Å². The molecule has 6 heteroatoms. The van der Waals surface area contributed by atoms with E-state index in [0.29, 0.717) is 10.6 Å². The number of rotatable bonds is 1. The number of hydrogen-bond donors (Lipinski definition) is 0. The Bertz CT molecular complexity index is 529. The zero-order chi connectivity index (χ0) is 12.6. The minimum absolute atomic E-state index is 0.0864. The second kappa shape index (κ2) is 4.07. The van der Waals surface area contributed by atoms with Crippen LogP contribution in [0.1, 0.15) is 5.69 Å². The standard InChI is InChI=1S/C11H8ClF3N2/c1-17-6-16-9(10(17)11(13,14)15)7-2-4-8(12)5-3-7/h2-6H,1H3. The fourth-order valence-electron chi connectivity index (χ4n) is 1.58. The van der Waals surface area contributed by atoms with Crippen LogP contribution in [0.2, 0.25) is 5.02 Å². The highest BCUT2D eigenvalue weighted by Gasteiger charge is 2.37. The average Bonchev–Trinajstić information content (AvgIpc) is 2.61. The second-order valence-electron chi connectivity index (χ2n) is 3.56. The van der Waals surface area contributed by atoms with Crippen molar-refractivity contribution in [1.82, 2.24) is 9.55 Å². The van der Waals surface area contributed by atoms with Crippen molar-refractivity contribution in [1.29, 1.82) is 0 Å². The highest BCUT2D eigenvalue weighted by Crippen LogP contribution is 2.36. The third kappa shape index (κ3) is 2.29. The van der Waals surface area contributed by atoms with Gasteiger partial charge < -0.3 is 4.57 Å². The summed E-state index contributed by atoms with van der Waals surface area (Å²) < 4.78 is 39.4. The van der Waals surface area contributed by atoms with Gasteiger partial charge in [-0.3, -0.25) is 0 Å². The molecule has 0 saturated heterocycles. The van der Waals surface area contributed by atoms with Gasteiger partial charge in [-0.05, 0) is 12.1 Å². The monoisotopic (exact) mass is 260 g/mol. The molecule has 0 fully saturated rings. The zero-order valence-electron chi connectivity index (χ0n) is 8.79. The first kappa shape index (κ1) is 12.0. The maximum Gasteiger partial charge on any atom is 0.433 e. The van der Waals surface area contributed by atoms with Crippen molar-refractivity contribution in [3.05, 3.63) is 41.3 Å². The van der Waals surface area contributed by atoms with Gasteiger partial charge in [0.25, 0.3) is 0 Å². The van der Waals surface area contributed by atoms with Crippen molar-refractivity contribution in [2.45, 2.75) is 6.18 Å². The van der Waals surface area contributed by atoms with Gasteiger partial charge in [0.1, 0.15) is 5.69 Å². The molecule has 2 aromatic rings. The van der Waals surface area contributed by atoms with Crippen molar-refractivity contribution >= 4 is 11.6 Å². The van der Waals surface area contributed by atoms with Crippen molar-refractivity contribution in [3.8, 4) is 11.3 Å². The van der Waals surface area contributed by atoms with Gasteiger partial charge in [0, 0.05) is 17.6 Å². The number of imidazole rings is 1. The number of halogens is 4. The molecule has 1 heterocycles.